The zero-order chi connectivity index (χ0) is 14.9. The molecule has 106 valence electrons. The summed E-state index contributed by atoms with van der Waals surface area (Å²) in [5.74, 6) is -4.31. The molecule has 1 atom stereocenters. The van der Waals surface area contributed by atoms with Crippen LogP contribution >= 0.6 is 11.6 Å². The quantitative estimate of drug-likeness (QED) is 0.864. The molecular formula is C14H14ClNO4. The summed E-state index contributed by atoms with van der Waals surface area (Å²) in [4.78, 5) is 36.0. The van der Waals surface area contributed by atoms with Crippen molar-refractivity contribution in [3.8, 4) is 0 Å². The van der Waals surface area contributed by atoms with E-state index in [1.165, 1.54) is 4.90 Å². The molecule has 1 saturated heterocycles. The number of benzene rings is 1. The Morgan fingerprint density at radius 3 is 2.70 bits per heavy atom. The van der Waals surface area contributed by atoms with Gasteiger partial charge in [0.05, 0.1) is 10.7 Å². The maximum Gasteiger partial charge on any atom is 0.323 e. The van der Waals surface area contributed by atoms with E-state index in [4.69, 9.17) is 16.7 Å². The Bertz CT molecular complexity index is 585. The Kier molecular flexibility index (Phi) is 4.09. The molecule has 1 amide bonds. The Morgan fingerprint density at radius 1 is 1.45 bits per heavy atom. The van der Waals surface area contributed by atoms with Crippen LogP contribution in [0.1, 0.15) is 18.9 Å². The van der Waals surface area contributed by atoms with Crippen molar-refractivity contribution in [3.63, 3.8) is 0 Å². The van der Waals surface area contributed by atoms with Crippen LogP contribution in [-0.4, -0.2) is 29.3 Å². The first kappa shape index (κ1) is 14.5. The van der Waals surface area contributed by atoms with Gasteiger partial charge in [0.15, 0.2) is 11.7 Å². The van der Waals surface area contributed by atoms with Crippen molar-refractivity contribution >= 4 is 34.9 Å². The van der Waals surface area contributed by atoms with E-state index in [0.29, 0.717) is 10.7 Å². The second kappa shape index (κ2) is 5.63. The summed E-state index contributed by atoms with van der Waals surface area (Å²) in [6.45, 7) is 2.14. The van der Waals surface area contributed by atoms with Crippen LogP contribution in [0.2, 0.25) is 5.02 Å². The Labute approximate surface area is 121 Å². The topological polar surface area (TPSA) is 74.7 Å². The standard InChI is InChI=1S/C14H14ClNO4/c1-2-8-3-4-10(9(15)7-8)16-6-5-11(17)12(13(16)18)14(19)20/h3-4,7,12H,2,5-6H2,1H3,(H,19,20). The second-order valence-corrected chi connectivity index (χ2v) is 5.02. The highest BCUT2D eigenvalue weighted by Crippen LogP contribution is 2.30. The molecule has 0 aliphatic carbocycles. The van der Waals surface area contributed by atoms with Crippen molar-refractivity contribution in [2.75, 3.05) is 11.4 Å². The van der Waals surface area contributed by atoms with Gasteiger partial charge in [0.2, 0.25) is 5.91 Å². The fourth-order valence-corrected chi connectivity index (χ4v) is 2.55. The van der Waals surface area contributed by atoms with Gasteiger partial charge in [-0.05, 0) is 24.1 Å². The van der Waals surface area contributed by atoms with E-state index in [1.807, 2.05) is 13.0 Å². The first-order chi connectivity index (χ1) is 9.45. The molecule has 1 fully saturated rings. The first-order valence-electron chi connectivity index (χ1n) is 6.31. The molecule has 1 heterocycles. The number of amides is 1. The van der Waals surface area contributed by atoms with Crippen molar-refractivity contribution < 1.29 is 19.5 Å². The molecule has 5 nitrogen and oxygen atoms in total. The van der Waals surface area contributed by atoms with E-state index in [1.54, 1.807) is 12.1 Å². The number of halogens is 1. The van der Waals surface area contributed by atoms with Crippen LogP contribution in [0.5, 0.6) is 0 Å². The summed E-state index contributed by atoms with van der Waals surface area (Å²) in [5, 5.41) is 9.38. The average Bonchev–Trinajstić information content (AvgIpc) is 2.39. The predicted molar refractivity (Wildman–Crippen MR) is 73.9 cm³/mol. The van der Waals surface area contributed by atoms with E-state index in [0.717, 1.165) is 12.0 Å². The molecule has 1 aliphatic rings. The number of carbonyl (C=O) groups is 3. The van der Waals surface area contributed by atoms with Gasteiger partial charge in [0.25, 0.3) is 0 Å². The molecule has 1 unspecified atom stereocenters. The van der Waals surface area contributed by atoms with Crippen LogP contribution in [0.3, 0.4) is 0 Å². The fraction of sp³-hybridized carbons (Fsp3) is 0.357. The largest absolute Gasteiger partial charge is 0.480 e. The molecule has 1 aliphatic heterocycles. The average molecular weight is 296 g/mol. The highest BCUT2D eigenvalue weighted by molar-refractivity contribution is 6.34. The number of carboxylic acid groups (broad SMARTS) is 1. The van der Waals surface area contributed by atoms with Gasteiger partial charge in [-0.3, -0.25) is 14.4 Å². The second-order valence-electron chi connectivity index (χ2n) is 4.62. The van der Waals surface area contributed by atoms with E-state index >= 15 is 0 Å². The minimum Gasteiger partial charge on any atom is -0.480 e. The third-order valence-corrected chi connectivity index (χ3v) is 3.68. The summed E-state index contributed by atoms with van der Waals surface area (Å²) in [6.07, 6.45) is 0.832. The summed E-state index contributed by atoms with van der Waals surface area (Å²) in [6, 6.07) is 5.27. The van der Waals surface area contributed by atoms with Crippen LogP contribution in [0.4, 0.5) is 5.69 Å². The number of hydrogen-bond acceptors (Lipinski definition) is 3. The van der Waals surface area contributed by atoms with Crippen LogP contribution in [0.15, 0.2) is 18.2 Å². The summed E-state index contributed by atoms with van der Waals surface area (Å²) >= 11 is 6.14. The number of hydrogen-bond donors (Lipinski definition) is 1. The van der Waals surface area contributed by atoms with Crippen molar-refractivity contribution in [2.45, 2.75) is 19.8 Å². The van der Waals surface area contributed by atoms with E-state index < -0.39 is 23.6 Å². The minimum atomic E-state index is -1.62. The Hall–Kier alpha value is -1.88. The van der Waals surface area contributed by atoms with Crippen LogP contribution in [0, 0.1) is 5.92 Å². The lowest BCUT2D eigenvalue weighted by Gasteiger charge is -2.30. The molecule has 0 saturated carbocycles. The number of rotatable bonds is 3. The summed E-state index contributed by atoms with van der Waals surface area (Å²) < 4.78 is 0. The smallest absolute Gasteiger partial charge is 0.323 e. The lowest BCUT2D eigenvalue weighted by atomic mass is 9.95. The Morgan fingerprint density at radius 2 is 2.15 bits per heavy atom. The molecule has 0 spiro atoms. The molecule has 0 radical (unpaired) electrons. The van der Waals surface area contributed by atoms with Gasteiger partial charge in [-0.1, -0.05) is 24.6 Å². The van der Waals surface area contributed by atoms with Gasteiger partial charge in [-0.25, -0.2) is 0 Å². The number of carbonyl (C=O) groups excluding carboxylic acids is 2. The molecule has 0 bridgehead atoms. The number of aliphatic carboxylic acids is 1. The lowest BCUT2D eigenvalue weighted by Crippen LogP contribution is -2.49. The molecule has 20 heavy (non-hydrogen) atoms. The highest BCUT2D eigenvalue weighted by atomic mass is 35.5. The third-order valence-electron chi connectivity index (χ3n) is 3.37. The van der Waals surface area contributed by atoms with Gasteiger partial charge in [0.1, 0.15) is 0 Å². The van der Waals surface area contributed by atoms with Crippen LogP contribution < -0.4 is 4.90 Å². The van der Waals surface area contributed by atoms with Crippen LogP contribution in [0.25, 0.3) is 0 Å². The molecule has 1 aromatic carbocycles. The van der Waals surface area contributed by atoms with Gasteiger partial charge in [0, 0.05) is 13.0 Å². The van der Waals surface area contributed by atoms with Gasteiger partial charge < -0.3 is 10.0 Å². The van der Waals surface area contributed by atoms with Gasteiger partial charge in [-0.2, -0.15) is 0 Å². The number of piperidine rings is 1. The zero-order valence-corrected chi connectivity index (χ0v) is 11.7. The van der Waals surface area contributed by atoms with E-state index in [2.05, 4.69) is 0 Å². The predicted octanol–water partition coefficient (Wildman–Crippen LogP) is 1.91. The number of anilines is 1. The summed E-state index contributed by atoms with van der Waals surface area (Å²) in [5.41, 5.74) is 1.47. The molecule has 1 aromatic rings. The van der Waals surface area contributed by atoms with Gasteiger partial charge >= 0.3 is 5.97 Å². The number of carboxylic acids is 1. The van der Waals surface area contributed by atoms with E-state index in [-0.39, 0.29) is 13.0 Å². The lowest BCUT2D eigenvalue weighted by molar-refractivity contribution is -0.151. The number of aryl methyl sites for hydroxylation is 1. The summed E-state index contributed by atoms with van der Waals surface area (Å²) in [7, 11) is 0. The number of Topliss-reactive ketones (excluding diaryl/α,β-unsaturated/α-hetero) is 1. The molecule has 6 heteroatoms. The molecule has 1 N–H and O–H groups in total. The SMILES string of the molecule is CCc1ccc(N2CCC(=O)C(C(=O)O)C2=O)c(Cl)c1. The molecule has 2 rings (SSSR count). The van der Waals surface area contributed by atoms with Crippen LogP contribution in [-0.2, 0) is 20.8 Å². The number of nitrogens with zero attached hydrogens (tertiary/aromatic N) is 1. The minimum absolute atomic E-state index is 0.0224. The third kappa shape index (κ3) is 2.54. The highest BCUT2D eigenvalue weighted by Gasteiger charge is 2.41. The maximum absolute atomic E-state index is 12.2. The first-order valence-corrected chi connectivity index (χ1v) is 6.68. The van der Waals surface area contributed by atoms with E-state index in [9.17, 15) is 14.4 Å². The van der Waals surface area contributed by atoms with Gasteiger partial charge in [-0.15, -0.1) is 0 Å². The fourth-order valence-electron chi connectivity index (χ4n) is 2.24. The normalized spacial score (nSPS) is 19.3. The maximum atomic E-state index is 12.2. The Balaban J connectivity index is 2.36. The van der Waals surface area contributed by atoms with Crippen molar-refractivity contribution in [1.82, 2.24) is 0 Å². The number of ketones is 1. The zero-order valence-electron chi connectivity index (χ0n) is 10.9. The molecule has 0 aromatic heterocycles. The van der Waals surface area contributed by atoms with Crippen molar-refractivity contribution in [3.05, 3.63) is 28.8 Å². The van der Waals surface area contributed by atoms with Crippen molar-refractivity contribution in [2.24, 2.45) is 5.92 Å². The molecular weight excluding hydrogens is 282 g/mol. The van der Waals surface area contributed by atoms with Crippen molar-refractivity contribution in [1.29, 1.82) is 0 Å². The monoisotopic (exact) mass is 295 g/mol.